The maximum absolute atomic E-state index is 11.6. The smallest absolute Gasteiger partial charge is 0.224 e. The summed E-state index contributed by atoms with van der Waals surface area (Å²) in [5, 5.41) is 6.20. The molecule has 88 valence electrons. The predicted octanol–water partition coefficient (Wildman–Crippen LogP) is 1.24. The molecule has 0 aromatic rings. The normalized spacial score (nSPS) is 21.7. The van der Waals surface area contributed by atoms with E-state index in [1.807, 2.05) is 11.8 Å². The van der Waals surface area contributed by atoms with E-state index in [2.05, 4.69) is 31.4 Å². The molecule has 4 heteroatoms. The lowest BCUT2D eigenvalue weighted by Gasteiger charge is -2.18. The highest BCUT2D eigenvalue weighted by molar-refractivity contribution is 8.00. The van der Waals surface area contributed by atoms with Crippen LogP contribution in [0.15, 0.2) is 0 Å². The number of nitrogens with one attached hydrogen (secondary N) is 2. The Hall–Kier alpha value is -0.220. The van der Waals surface area contributed by atoms with Crippen molar-refractivity contribution in [2.45, 2.75) is 31.9 Å². The van der Waals surface area contributed by atoms with Gasteiger partial charge in [0.15, 0.2) is 0 Å². The van der Waals surface area contributed by atoms with Crippen LogP contribution in [0.3, 0.4) is 0 Å². The number of rotatable bonds is 4. The van der Waals surface area contributed by atoms with Crippen LogP contribution < -0.4 is 10.6 Å². The first-order chi connectivity index (χ1) is 6.99. The van der Waals surface area contributed by atoms with Crippen LogP contribution in [0.1, 0.15) is 27.2 Å². The van der Waals surface area contributed by atoms with Crippen molar-refractivity contribution in [3.05, 3.63) is 0 Å². The molecule has 1 unspecified atom stereocenters. The average molecular weight is 230 g/mol. The second-order valence-corrected chi connectivity index (χ2v) is 6.86. The van der Waals surface area contributed by atoms with Gasteiger partial charge in [0.2, 0.25) is 5.91 Å². The minimum atomic E-state index is 0.199. The minimum Gasteiger partial charge on any atom is -0.355 e. The Morgan fingerprint density at radius 3 is 2.80 bits per heavy atom. The zero-order chi connectivity index (χ0) is 11.3. The fourth-order valence-corrected chi connectivity index (χ4v) is 2.37. The van der Waals surface area contributed by atoms with Gasteiger partial charge in [0.25, 0.3) is 0 Å². The molecule has 1 rings (SSSR count). The average Bonchev–Trinajstić information content (AvgIpc) is 2.63. The van der Waals surface area contributed by atoms with Crippen LogP contribution in [0.25, 0.3) is 0 Å². The number of hydrogen-bond acceptors (Lipinski definition) is 3. The fourth-order valence-electron chi connectivity index (χ4n) is 1.55. The van der Waals surface area contributed by atoms with Crippen LogP contribution in [0.5, 0.6) is 0 Å². The standard InChI is InChI=1S/C11H22N2OS/c1-11(2,3)15-7-6-13-10(14)9-4-5-12-8-9/h9,12H,4-8H2,1-3H3,(H,13,14). The number of carbonyl (C=O) groups excluding carboxylic acids is 1. The summed E-state index contributed by atoms with van der Waals surface area (Å²) in [6.07, 6.45) is 0.984. The molecule has 1 saturated heterocycles. The van der Waals surface area contributed by atoms with Crippen molar-refractivity contribution in [1.82, 2.24) is 10.6 Å². The van der Waals surface area contributed by atoms with E-state index >= 15 is 0 Å². The van der Waals surface area contributed by atoms with E-state index in [-0.39, 0.29) is 11.8 Å². The summed E-state index contributed by atoms with van der Waals surface area (Å²) in [5.74, 6) is 1.41. The Bertz CT molecular complexity index is 207. The molecule has 1 fully saturated rings. The third kappa shape index (κ3) is 5.42. The third-order valence-corrected chi connectivity index (χ3v) is 3.64. The third-order valence-electron chi connectivity index (χ3n) is 2.37. The molecule has 1 heterocycles. The highest BCUT2D eigenvalue weighted by Crippen LogP contribution is 2.22. The monoisotopic (exact) mass is 230 g/mol. The molecule has 0 aromatic heterocycles. The molecule has 1 aliphatic heterocycles. The zero-order valence-corrected chi connectivity index (χ0v) is 10.7. The van der Waals surface area contributed by atoms with Gasteiger partial charge in [0, 0.05) is 23.6 Å². The number of amides is 1. The molecule has 0 spiro atoms. The van der Waals surface area contributed by atoms with Gasteiger partial charge in [-0.1, -0.05) is 20.8 Å². The lowest BCUT2D eigenvalue weighted by atomic mass is 10.1. The van der Waals surface area contributed by atoms with Gasteiger partial charge in [-0.2, -0.15) is 11.8 Å². The first kappa shape index (κ1) is 12.8. The number of carbonyl (C=O) groups is 1. The molecule has 1 amide bonds. The van der Waals surface area contributed by atoms with Crippen molar-refractivity contribution in [2.75, 3.05) is 25.4 Å². The molecule has 0 aliphatic carbocycles. The van der Waals surface area contributed by atoms with E-state index < -0.39 is 0 Å². The van der Waals surface area contributed by atoms with E-state index in [0.29, 0.717) is 4.75 Å². The van der Waals surface area contributed by atoms with E-state index in [9.17, 15) is 4.79 Å². The first-order valence-electron chi connectivity index (χ1n) is 5.61. The molecule has 3 nitrogen and oxygen atoms in total. The maximum Gasteiger partial charge on any atom is 0.224 e. The zero-order valence-electron chi connectivity index (χ0n) is 9.93. The lowest BCUT2D eigenvalue weighted by molar-refractivity contribution is -0.124. The van der Waals surface area contributed by atoms with Crippen molar-refractivity contribution in [3.8, 4) is 0 Å². The van der Waals surface area contributed by atoms with Crippen molar-refractivity contribution < 1.29 is 4.79 Å². The van der Waals surface area contributed by atoms with Crippen LogP contribution in [-0.4, -0.2) is 36.0 Å². The quantitative estimate of drug-likeness (QED) is 0.714. The summed E-state index contributed by atoms with van der Waals surface area (Å²) in [6, 6.07) is 0. The van der Waals surface area contributed by atoms with Crippen LogP contribution in [0.2, 0.25) is 0 Å². The molecule has 2 N–H and O–H groups in total. The predicted molar refractivity (Wildman–Crippen MR) is 66.2 cm³/mol. The molecular formula is C11H22N2OS. The largest absolute Gasteiger partial charge is 0.355 e. The number of thioether (sulfide) groups is 1. The van der Waals surface area contributed by atoms with Crippen molar-refractivity contribution in [1.29, 1.82) is 0 Å². The van der Waals surface area contributed by atoms with Gasteiger partial charge in [-0.05, 0) is 13.0 Å². The number of hydrogen-bond donors (Lipinski definition) is 2. The minimum absolute atomic E-state index is 0.199. The Balaban J connectivity index is 2.07. The van der Waals surface area contributed by atoms with Gasteiger partial charge in [-0.3, -0.25) is 4.79 Å². The van der Waals surface area contributed by atoms with E-state index in [1.54, 1.807) is 0 Å². The molecule has 1 atom stereocenters. The molecule has 15 heavy (non-hydrogen) atoms. The van der Waals surface area contributed by atoms with Crippen LogP contribution in [0.4, 0.5) is 0 Å². The van der Waals surface area contributed by atoms with Gasteiger partial charge in [0.1, 0.15) is 0 Å². The van der Waals surface area contributed by atoms with E-state index in [0.717, 1.165) is 31.8 Å². The Morgan fingerprint density at radius 2 is 2.27 bits per heavy atom. The van der Waals surface area contributed by atoms with Crippen molar-refractivity contribution in [3.63, 3.8) is 0 Å². The molecule has 0 aromatic carbocycles. The molecular weight excluding hydrogens is 208 g/mol. The summed E-state index contributed by atoms with van der Waals surface area (Å²) in [7, 11) is 0. The summed E-state index contributed by atoms with van der Waals surface area (Å²) >= 11 is 1.89. The molecule has 0 bridgehead atoms. The fraction of sp³-hybridized carbons (Fsp3) is 0.909. The second-order valence-electron chi connectivity index (χ2n) is 4.94. The molecule has 0 saturated carbocycles. The highest BCUT2D eigenvalue weighted by atomic mass is 32.2. The summed E-state index contributed by atoms with van der Waals surface area (Å²) in [4.78, 5) is 11.6. The Morgan fingerprint density at radius 1 is 1.53 bits per heavy atom. The van der Waals surface area contributed by atoms with Gasteiger partial charge in [-0.15, -0.1) is 0 Å². The Labute approximate surface area is 96.8 Å². The SMILES string of the molecule is CC(C)(C)SCCNC(=O)C1CCNC1. The second kappa shape index (κ2) is 5.75. The Kier molecular flexibility index (Phi) is 4.93. The molecule has 1 aliphatic rings. The molecule has 0 radical (unpaired) electrons. The van der Waals surface area contributed by atoms with Gasteiger partial charge < -0.3 is 10.6 Å². The maximum atomic E-state index is 11.6. The highest BCUT2D eigenvalue weighted by Gasteiger charge is 2.21. The van der Waals surface area contributed by atoms with E-state index in [1.165, 1.54) is 0 Å². The van der Waals surface area contributed by atoms with E-state index in [4.69, 9.17) is 0 Å². The van der Waals surface area contributed by atoms with Crippen LogP contribution >= 0.6 is 11.8 Å². The first-order valence-corrected chi connectivity index (χ1v) is 6.60. The van der Waals surface area contributed by atoms with Gasteiger partial charge in [-0.25, -0.2) is 0 Å². The van der Waals surface area contributed by atoms with Gasteiger partial charge in [0.05, 0.1) is 5.92 Å². The van der Waals surface area contributed by atoms with Crippen LogP contribution in [0, 0.1) is 5.92 Å². The van der Waals surface area contributed by atoms with Gasteiger partial charge >= 0.3 is 0 Å². The lowest BCUT2D eigenvalue weighted by Crippen LogP contribution is -2.33. The topological polar surface area (TPSA) is 41.1 Å². The summed E-state index contributed by atoms with van der Waals surface area (Å²) in [5.41, 5.74) is 0. The summed E-state index contributed by atoms with van der Waals surface area (Å²) < 4.78 is 0.291. The van der Waals surface area contributed by atoms with Crippen molar-refractivity contribution >= 4 is 17.7 Å². The van der Waals surface area contributed by atoms with Crippen LogP contribution in [-0.2, 0) is 4.79 Å². The summed E-state index contributed by atoms with van der Waals surface area (Å²) in [6.45, 7) is 9.20. The van der Waals surface area contributed by atoms with Crippen molar-refractivity contribution in [2.24, 2.45) is 5.92 Å².